The number of aryl methyl sites for hydroxylation is 1. The van der Waals surface area contributed by atoms with Gasteiger partial charge in [0.1, 0.15) is 42.0 Å². The Labute approximate surface area is 305 Å². The first kappa shape index (κ1) is 38.5. The van der Waals surface area contributed by atoms with E-state index >= 15 is 13.2 Å². The van der Waals surface area contributed by atoms with Crippen molar-refractivity contribution in [2.24, 2.45) is 0 Å². The summed E-state index contributed by atoms with van der Waals surface area (Å²) in [7, 11) is 0. The Hall–Kier alpha value is -5.18. The molecule has 1 amide bonds. The molecule has 2 aliphatic rings. The number of nitrogens with zero attached hydrogens (tertiary/aromatic N) is 2. The molecular formula is C39H36F7N3O5. The smallest absolute Gasteiger partial charge is 0.416 e. The average molecular weight is 760 g/mol. The molecular weight excluding hydrogens is 723 g/mol. The molecule has 6 rings (SSSR count). The normalized spacial score (nSPS) is 17.9. The van der Waals surface area contributed by atoms with E-state index in [-0.39, 0.29) is 78.4 Å². The summed E-state index contributed by atoms with van der Waals surface area (Å²) in [5, 5.41) is 2.55. The van der Waals surface area contributed by atoms with E-state index in [1.165, 1.54) is 57.2 Å². The van der Waals surface area contributed by atoms with Crippen LogP contribution in [-0.2, 0) is 33.5 Å². The second-order valence-corrected chi connectivity index (χ2v) is 13.4. The monoisotopic (exact) mass is 759 g/mol. The standard InChI is InChI=1S/C39H36F7N3O5/c1-4-53-34(51)15-31-27-13-24(11-20(2)36(27)43)35-21(3)29(41)7-8-32(35)54-19-22-5-6-30(42)26(12-22)37(38(52)47-31)49-16-23(9-10-48-17-25(40)18-48)28(14-33(49)50)39(44,45)46/h5-8,11-14,16,25,31,37H,4,9-10,15,17-19H2,1-3H3,(H,47,52)/t31-,37-/m0/s1. The number of alkyl halides is 4. The van der Waals surface area contributed by atoms with Crippen molar-refractivity contribution in [2.75, 3.05) is 26.2 Å². The fraction of sp³-hybridized carbons (Fsp3) is 0.359. The molecule has 4 aromatic rings. The third kappa shape index (κ3) is 7.86. The number of benzene rings is 3. The Balaban J connectivity index is 1.57. The van der Waals surface area contributed by atoms with Gasteiger partial charge in [0.25, 0.3) is 5.56 Å². The number of rotatable bonds is 7. The maximum absolute atomic E-state index is 16.1. The largest absolute Gasteiger partial charge is 0.488 e. The van der Waals surface area contributed by atoms with E-state index in [1.807, 2.05) is 0 Å². The van der Waals surface area contributed by atoms with Gasteiger partial charge in [-0.05, 0) is 91.4 Å². The molecule has 3 aromatic carbocycles. The van der Waals surface area contributed by atoms with Crippen LogP contribution in [0.2, 0.25) is 0 Å². The number of hydrogen-bond acceptors (Lipinski definition) is 6. The molecule has 1 fully saturated rings. The number of halogens is 7. The summed E-state index contributed by atoms with van der Waals surface area (Å²) in [4.78, 5) is 42.6. The minimum absolute atomic E-state index is 0.00117. The molecule has 1 saturated heterocycles. The summed E-state index contributed by atoms with van der Waals surface area (Å²) < 4.78 is 115. The van der Waals surface area contributed by atoms with Crippen LogP contribution in [0.1, 0.15) is 64.4 Å². The fourth-order valence-electron chi connectivity index (χ4n) is 6.91. The molecule has 1 aromatic heterocycles. The highest BCUT2D eigenvalue weighted by atomic mass is 19.4. The zero-order chi connectivity index (χ0) is 39.1. The van der Waals surface area contributed by atoms with E-state index in [9.17, 15) is 31.9 Å². The lowest BCUT2D eigenvalue weighted by Crippen LogP contribution is -2.49. The molecule has 1 N–H and O–H groups in total. The van der Waals surface area contributed by atoms with E-state index in [2.05, 4.69) is 5.32 Å². The predicted octanol–water partition coefficient (Wildman–Crippen LogP) is 7.06. The SMILES string of the molecule is CCOC(=O)C[C@@H]1NC(=O)[C@@H](n2cc(CCN3CC(F)C3)c(C(F)(F)F)cc2=O)c2cc(ccc2F)COc2ccc(F)c(C)c2-c2cc(C)c(F)c1c2. The van der Waals surface area contributed by atoms with Crippen molar-refractivity contribution in [1.82, 2.24) is 14.8 Å². The lowest BCUT2D eigenvalue weighted by atomic mass is 9.91. The van der Waals surface area contributed by atoms with Crippen molar-refractivity contribution in [3.63, 3.8) is 0 Å². The van der Waals surface area contributed by atoms with Gasteiger partial charge in [-0.25, -0.2) is 17.6 Å². The van der Waals surface area contributed by atoms with Crippen LogP contribution in [0, 0.1) is 31.3 Å². The van der Waals surface area contributed by atoms with E-state index in [4.69, 9.17) is 9.47 Å². The molecule has 0 unspecified atom stereocenters. The Bertz CT molecular complexity index is 2160. The summed E-state index contributed by atoms with van der Waals surface area (Å²) in [6, 6.07) is 5.63. The number of likely N-dealkylation sites (tertiary alicyclic amines) is 1. The highest BCUT2D eigenvalue weighted by Crippen LogP contribution is 2.39. The minimum Gasteiger partial charge on any atom is -0.488 e. The number of fused-ring (bicyclic) bond motifs is 6. The van der Waals surface area contributed by atoms with E-state index in [1.54, 1.807) is 4.90 Å². The Morgan fingerprint density at radius 3 is 2.39 bits per heavy atom. The zero-order valence-corrected chi connectivity index (χ0v) is 29.5. The van der Waals surface area contributed by atoms with Crippen LogP contribution in [0.4, 0.5) is 30.7 Å². The fourth-order valence-corrected chi connectivity index (χ4v) is 6.91. The van der Waals surface area contributed by atoms with Crippen LogP contribution in [0.15, 0.2) is 59.5 Å². The van der Waals surface area contributed by atoms with Crippen molar-refractivity contribution in [2.45, 2.75) is 64.7 Å². The molecule has 2 atom stereocenters. The number of nitrogens with one attached hydrogen (secondary N) is 1. The molecule has 0 aliphatic carbocycles. The van der Waals surface area contributed by atoms with Gasteiger partial charge in [0.15, 0.2) is 0 Å². The Morgan fingerprint density at radius 2 is 1.70 bits per heavy atom. The van der Waals surface area contributed by atoms with Crippen molar-refractivity contribution in [3.8, 4) is 16.9 Å². The van der Waals surface area contributed by atoms with Crippen molar-refractivity contribution >= 4 is 11.9 Å². The molecule has 2 aliphatic heterocycles. The van der Waals surface area contributed by atoms with Crippen LogP contribution in [0.5, 0.6) is 5.75 Å². The van der Waals surface area contributed by atoms with Crippen molar-refractivity contribution < 1.29 is 49.8 Å². The van der Waals surface area contributed by atoms with Gasteiger partial charge < -0.3 is 14.8 Å². The predicted molar refractivity (Wildman–Crippen MR) is 183 cm³/mol. The highest BCUT2D eigenvalue weighted by Gasteiger charge is 2.38. The molecule has 286 valence electrons. The molecule has 4 bridgehead atoms. The summed E-state index contributed by atoms with van der Waals surface area (Å²) in [5.41, 5.74) is -2.68. The molecule has 0 saturated carbocycles. The third-order valence-corrected chi connectivity index (χ3v) is 9.65. The number of aromatic nitrogens is 1. The van der Waals surface area contributed by atoms with E-state index in [0.717, 1.165) is 12.3 Å². The Morgan fingerprint density at radius 1 is 0.981 bits per heavy atom. The van der Waals surface area contributed by atoms with Gasteiger partial charge in [-0.3, -0.25) is 23.9 Å². The number of carbonyl (C=O) groups is 2. The van der Waals surface area contributed by atoms with Crippen LogP contribution in [0.3, 0.4) is 0 Å². The maximum atomic E-state index is 16.1. The quantitative estimate of drug-likeness (QED) is 0.161. The lowest BCUT2D eigenvalue weighted by molar-refractivity contribution is -0.144. The number of ether oxygens (including phenoxy) is 2. The number of esters is 1. The van der Waals surface area contributed by atoms with Gasteiger partial charge in [-0.1, -0.05) is 6.07 Å². The van der Waals surface area contributed by atoms with Gasteiger partial charge in [0.2, 0.25) is 5.91 Å². The summed E-state index contributed by atoms with van der Waals surface area (Å²) >= 11 is 0. The summed E-state index contributed by atoms with van der Waals surface area (Å²) in [6.45, 7) is 4.14. The van der Waals surface area contributed by atoms with Crippen LogP contribution in [-0.4, -0.2) is 53.8 Å². The lowest BCUT2D eigenvalue weighted by Gasteiger charge is -2.34. The van der Waals surface area contributed by atoms with Gasteiger partial charge in [0.05, 0.1) is 24.6 Å². The molecule has 3 heterocycles. The van der Waals surface area contributed by atoms with Gasteiger partial charge >= 0.3 is 12.1 Å². The van der Waals surface area contributed by atoms with Crippen LogP contribution >= 0.6 is 0 Å². The Kier molecular flexibility index (Phi) is 10.9. The van der Waals surface area contributed by atoms with Crippen LogP contribution in [0.25, 0.3) is 11.1 Å². The minimum atomic E-state index is -4.98. The molecule has 15 heteroatoms. The first-order valence-electron chi connectivity index (χ1n) is 17.2. The van der Waals surface area contributed by atoms with Crippen molar-refractivity contribution in [3.05, 3.63) is 121 Å². The molecule has 54 heavy (non-hydrogen) atoms. The maximum Gasteiger partial charge on any atom is 0.416 e. The zero-order valence-electron chi connectivity index (χ0n) is 29.5. The summed E-state index contributed by atoms with van der Waals surface area (Å²) in [5.74, 6) is -4.32. The topological polar surface area (TPSA) is 89.9 Å². The van der Waals surface area contributed by atoms with E-state index in [0.29, 0.717) is 10.6 Å². The molecule has 0 radical (unpaired) electrons. The highest BCUT2D eigenvalue weighted by molar-refractivity contribution is 5.85. The van der Waals surface area contributed by atoms with Gasteiger partial charge in [-0.15, -0.1) is 0 Å². The van der Waals surface area contributed by atoms with Crippen molar-refractivity contribution in [1.29, 1.82) is 0 Å². The first-order chi connectivity index (χ1) is 25.5. The average Bonchev–Trinajstić information content (AvgIpc) is 3.09. The van der Waals surface area contributed by atoms with Gasteiger partial charge in [0, 0.05) is 48.6 Å². The second-order valence-electron chi connectivity index (χ2n) is 13.4. The second kappa shape index (κ2) is 15.3. The number of hydrogen-bond donors (Lipinski definition) is 1. The number of carbonyl (C=O) groups excluding carboxylic acids is 2. The number of amides is 1. The molecule has 0 spiro atoms. The van der Waals surface area contributed by atoms with E-state index < -0.39 is 82.4 Å². The van der Waals surface area contributed by atoms with Gasteiger partial charge in [-0.2, -0.15) is 13.2 Å². The third-order valence-electron chi connectivity index (χ3n) is 9.65. The number of pyridine rings is 1. The molecule has 8 nitrogen and oxygen atoms in total. The summed E-state index contributed by atoms with van der Waals surface area (Å²) in [6.07, 6.45) is -6.23. The van der Waals surface area contributed by atoms with Crippen LogP contribution < -0.4 is 15.6 Å². The first-order valence-corrected chi connectivity index (χ1v) is 17.2.